The maximum absolute atomic E-state index is 13.0. The van der Waals surface area contributed by atoms with Gasteiger partial charge < -0.3 is 4.74 Å². The van der Waals surface area contributed by atoms with Gasteiger partial charge in [0.25, 0.3) is 0 Å². The molecule has 1 aromatic carbocycles. The van der Waals surface area contributed by atoms with Gasteiger partial charge in [-0.15, -0.1) is 0 Å². The van der Waals surface area contributed by atoms with Crippen LogP contribution in [0.15, 0.2) is 41.3 Å². The number of hydrogen-bond acceptors (Lipinski definition) is 4. The van der Waals surface area contributed by atoms with Crippen molar-refractivity contribution >= 4 is 21.6 Å². The van der Waals surface area contributed by atoms with Crippen LogP contribution in [0.3, 0.4) is 0 Å². The molecule has 0 saturated carbocycles. The molecular formula is C19H21ClN2O3S. The zero-order valence-electron chi connectivity index (χ0n) is 14.5. The van der Waals surface area contributed by atoms with E-state index in [4.69, 9.17) is 16.3 Å². The lowest BCUT2D eigenvalue weighted by molar-refractivity contribution is 0.302. The summed E-state index contributed by atoms with van der Waals surface area (Å²) >= 11 is 5.95. The summed E-state index contributed by atoms with van der Waals surface area (Å²) in [7, 11) is -3.63. The highest BCUT2D eigenvalue weighted by atomic mass is 35.5. The molecule has 0 spiro atoms. The van der Waals surface area contributed by atoms with Gasteiger partial charge in [-0.25, -0.2) is 18.1 Å². The Hall–Kier alpha value is -1.47. The van der Waals surface area contributed by atoms with Crippen LogP contribution in [0.5, 0.6) is 0 Å². The third kappa shape index (κ3) is 3.39. The van der Waals surface area contributed by atoms with E-state index in [9.17, 15) is 8.42 Å². The Kier molecular flexibility index (Phi) is 4.55. The number of ether oxygens (including phenoxy) is 1. The zero-order valence-corrected chi connectivity index (χ0v) is 16.1. The number of aromatic nitrogens is 1. The lowest BCUT2D eigenvalue weighted by Gasteiger charge is -2.24. The summed E-state index contributed by atoms with van der Waals surface area (Å²) in [5.41, 5.74) is 2.02. The molecule has 2 atom stereocenters. The Labute approximate surface area is 158 Å². The van der Waals surface area contributed by atoms with Crippen molar-refractivity contribution in [1.82, 2.24) is 9.71 Å². The third-order valence-corrected chi connectivity index (χ3v) is 6.90. The van der Waals surface area contributed by atoms with Crippen molar-refractivity contribution in [2.24, 2.45) is 5.92 Å². The smallest absolute Gasteiger partial charge is 0.240 e. The predicted octanol–water partition coefficient (Wildman–Crippen LogP) is 3.06. The number of hydrogen-bond donors (Lipinski definition) is 1. The minimum atomic E-state index is -3.63. The van der Waals surface area contributed by atoms with E-state index in [0.717, 1.165) is 30.4 Å². The van der Waals surface area contributed by atoms with Gasteiger partial charge in [0.1, 0.15) is 10.8 Å². The number of halogens is 1. The first-order valence-electron chi connectivity index (χ1n) is 8.77. The van der Waals surface area contributed by atoms with E-state index in [-0.39, 0.29) is 6.54 Å². The highest BCUT2D eigenvalue weighted by Gasteiger charge is 2.48. The molecule has 2 aliphatic rings. The molecule has 2 aromatic rings. The number of rotatable bonds is 5. The molecule has 1 N–H and O–H groups in total. The first-order chi connectivity index (χ1) is 12.4. The average molecular weight is 393 g/mol. The number of nitrogens with one attached hydrogen (secondary N) is 1. The molecule has 4 rings (SSSR count). The molecular weight excluding hydrogens is 372 g/mol. The van der Waals surface area contributed by atoms with E-state index in [1.54, 1.807) is 24.3 Å². The topological polar surface area (TPSA) is 71.6 Å². The molecule has 0 amide bonds. The van der Waals surface area contributed by atoms with Crippen LogP contribution >= 0.6 is 11.6 Å². The summed E-state index contributed by atoms with van der Waals surface area (Å²) < 4.78 is 34.2. The molecule has 5 nitrogen and oxygen atoms in total. The molecule has 1 aliphatic heterocycles. The van der Waals surface area contributed by atoms with Gasteiger partial charge in [-0.3, -0.25) is 0 Å². The molecule has 0 radical (unpaired) electrons. The van der Waals surface area contributed by atoms with E-state index in [0.29, 0.717) is 28.3 Å². The quantitative estimate of drug-likeness (QED) is 0.627. The van der Waals surface area contributed by atoms with E-state index in [1.807, 2.05) is 12.1 Å². The average Bonchev–Trinajstić information content (AvgIpc) is 3.41. The zero-order chi connectivity index (χ0) is 18.4. The van der Waals surface area contributed by atoms with Gasteiger partial charge in [-0.1, -0.05) is 36.7 Å². The van der Waals surface area contributed by atoms with Gasteiger partial charge in [-0.2, -0.15) is 0 Å². The van der Waals surface area contributed by atoms with Crippen molar-refractivity contribution in [3.05, 3.63) is 58.4 Å². The first kappa shape index (κ1) is 17.9. The lowest BCUT2D eigenvalue weighted by Crippen LogP contribution is -2.34. The fourth-order valence-electron chi connectivity index (χ4n) is 3.56. The van der Waals surface area contributed by atoms with E-state index >= 15 is 0 Å². The largest absolute Gasteiger partial charge is 0.361 e. The van der Waals surface area contributed by atoms with E-state index in [1.165, 1.54) is 0 Å². The van der Waals surface area contributed by atoms with Crippen molar-refractivity contribution < 1.29 is 13.2 Å². The maximum Gasteiger partial charge on any atom is 0.240 e. The third-order valence-electron chi connectivity index (χ3n) is 5.20. The Bertz CT molecular complexity index is 942. The minimum absolute atomic E-state index is 0.141. The molecule has 1 aromatic heterocycles. The Morgan fingerprint density at radius 3 is 2.81 bits per heavy atom. The minimum Gasteiger partial charge on any atom is -0.361 e. The monoisotopic (exact) mass is 392 g/mol. The van der Waals surface area contributed by atoms with E-state index < -0.39 is 15.6 Å². The van der Waals surface area contributed by atoms with Crippen LogP contribution in [-0.4, -0.2) is 26.6 Å². The number of fused-ring (bicyclic) bond motifs is 1. The summed E-state index contributed by atoms with van der Waals surface area (Å²) in [4.78, 5) is 4.65. The second-order valence-corrected chi connectivity index (χ2v) is 9.32. The summed E-state index contributed by atoms with van der Waals surface area (Å²) in [5.74, 6) is 0.493. The van der Waals surface area contributed by atoms with Crippen LogP contribution in [0, 0.1) is 5.92 Å². The SMILES string of the molecule is CC1CCc2cccc(S(=O)(=O)NC[C@]3(c4cccc(Cl)n4)CO3)c2C1. The Balaban J connectivity index is 1.58. The van der Waals surface area contributed by atoms with E-state index in [2.05, 4.69) is 16.6 Å². The van der Waals surface area contributed by atoms with Gasteiger partial charge >= 0.3 is 0 Å². The van der Waals surface area contributed by atoms with Gasteiger partial charge in [0.2, 0.25) is 10.0 Å². The van der Waals surface area contributed by atoms with Crippen LogP contribution in [0.2, 0.25) is 5.15 Å². The van der Waals surface area contributed by atoms with Crippen LogP contribution in [0.25, 0.3) is 0 Å². The summed E-state index contributed by atoms with van der Waals surface area (Å²) in [6, 6.07) is 10.8. The number of epoxide rings is 1. The predicted molar refractivity (Wildman–Crippen MR) is 99.7 cm³/mol. The fourth-order valence-corrected chi connectivity index (χ4v) is 5.10. The standard InChI is InChI=1S/C19H21ClN2O3S/c1-13-8-9-14-4-2-5-16(15(14)10-13)26(23,24)21-11-19(12-25-19)17-6-3-7-18(20)22-17/h2-7,13,21H,8-12H2,1H3/t13?,19-/m1/s1. The molecule has 7 heteroatoms. The molecule has 2 heterocycles. The van der Waals surface area contributed by atoms with Crippen molar-refractivity contribution in [3.63, 3.8) is 0 Å². The summed E-state index contributed by atoms with van der Waals surface area (Å²) in [5, 5.41) is 0.367. The summed E-state index contributed by atoms with van der Waals surface area (Å²) in [6.45, 7) is 2.73. The van der Waals surface area contributed by atoms with Crippen molar-refractivity contribution in [1.29, 1.82) is 0 Å². The number of nitrogens with zero attached hydrogens (tertiary/aromatic N) is 1. The molecule has 1 aliphatic carbocycles. The van der Waals surface area contributed by atoms with Gasteiger partial charge in [0, 0.05) is 6.54 Å². The number of sulfonamides is 1. The molecule has 138 valence electrons. The molecule has 1 unspecified atom stereocenters. The van der Waals surface area contributed by atoms with Crippen LogP contribution in [0.1, 0.15) is 30.2 Å². The van der Waals surface area contributed by atoms with Crippen molar-refractivity contribution in [3.8, 4) is 0 Å². The van der Waals surface area contributed by atoms with Crippen LogP contribution in [-0.2, 0) is 33.2 Å². The highest BCUT2D eigenvalue weighted by molar-refractivity contribution is 7.89. The van der Waals surface area contributed by atoms with Gasteiger partial charge in [0.15, 0.2) is 0 Å². The molecule has 0 bridgehead atoms. The number of aryl methyl sites for hydroxylation is 1. The molecule has 1 fully saturated rings. The Morgan fingerprint density at radius 1 is 1.31 bits per heavy atom. The molecule has 1 saturated heterocycles. The maximum atomic E-state index is 13.0. The molecule has 26 heavy (non-hydrogen) atoms. The van der Waals surface area contributed by atoms with Crippen LogP contribution in [0.4, 0.5) is 0 Å². The normalized spacial score (nSPS) is 24.9. The second kappa shape index (κ2) is 6.60. The van der Waals surface area contributed by atoms with Gasteiger partial charge in [-0.05, 0) is 54.5 Å². The Morgan fingerprint density at radius 2 is 2.08 bits per heavy atom. The van der Waals surface area contributed by atoms with Gasteiger partial charge in [0.05, 0.1) is 17.2 Å². The van der Waals surface area contributed by atoms with Crippen LogP contribution < -0.4 is 4.72 Å². The number of benzene rings is 1. The fraction of sp³-hybridized carbons (Fsp3) is 0.421. The van der Waals surface area contributed by atoms with Crippen molar-refractivity contribution in [2.45, 2.75) is 36.7 Å². The summed E-state index contributed by atoms with van der Waals surface area (Å²) in [6.07, 6.45) is 2.82. The lowest BCUT2D eigenvalue weighted by atomic mass is 9.85. The number of pyridine rings is 1. The highest BCUT2D eigenvalue weighted by Crippen LogP contribution is 2.38. The first-order valence-corrected chi connectivity index (χ1v) is 10.6. The van der Waals surface area contributed by atoms with Crippen molar-refractivity contribution in [2.75, 3.05) is 13.2 Å². The second-order valence-electron chi connectivity index (χ2n) is 7.19.